The lowest BCUT2D eigenvalue weighted by molar-refractivity contribution is 0.102. The number of nitrogens with one attached hydrogen (secondary N) is 1. The van der Waals surface area contributed by atoms with E-state index < -0.39 is 0 Å². The second kappa shape index (κ2) is 7.10. The number of para-hydroxylation sites is 2. The number of hydrogen-bond donors (Lipinski definition) is 1. The van der Waals surface area contributed by atoms with E-state index in [1.54, 1.807) is 0 Å². The molecule has 120 valence electrons. The summed E-state index contributed by atoms with van der Waals surface area (Å²) in [6, 6.07) is 11.7. The number of amides is 1. The van der Waals surface area contributed by atoms with Gasteiger partial charge in [-0.05, 0) is 46.3 Å². The minimum Gasteiger partial charge on any atom is -0.378 e. The van der Waals surface area contributed by atoms with Gasteiger partial charge in [0.25, 0.3) is 5.91 Å². The highest BCUT2D eigenvalue weighted by molar-refractivity contribution is 9.10. The topological polar surface area (TPSA) is 41.6 Å². The van der Waals surface area contributed by atoms with E-state index >= 15 is 0 Å². The Balaban J connectivity index is 1.83. The first-order valence-electron chi connectivity index (χ1n) is 7.33. The van der Waals surface area contributed by atoms with Gasteiger partial charge in [0.1, 0.15) is 5.82 Å². The lowest BCUT2D eigenvalue weighted by Crippen LogP contribution is -2.36. The highest BCUT2D eigenvalue weighted by atomic mass is 79.9. The van der Waals surface area contributed by atoms with Gasteiger partial charge in [0.15, 0.2) is 0 Å². The molecule has 1 fully saturated rings. The number of carbonyl (C=O) groups excluding carboxylic acids is 1. The minimum atomic E-state index is -0.387. The summed E-state index contributed by atoms with van der Waals surface area (Å²) in [5, 5.41) is 2.91. The maximum absolute atomic E-state index is 13.2. The summed E-state index contributed by atoms with van der Waals surface area (Å²) < 4.78 is 19.0. The fraction of sp³-hybridized carbons (Fsp3) is 0.235. The molecule has 0 spiro atoms. The zero-order chi connectivity index (χ0) is 16.2. The highest BCUT2D eigenvalue weighted by Gasteiger charge is 2.17. The van der Waals surface area contributed by atoms with E-state index in [0.29, 0.717) is 23.2 Å². The van der Waals surface area contributed by atoms with Crippen molar-refractivity contribution in [1.82, 2.24) is 0 Å². The van der Waals surface area contributed by atoms with Crippen molar-refractivity contribution in [3.8, 4) is 0 Å². The van der Waals surface area contributed by atoms with E-state index in [1.165, 1.54) is 18.2 Å². The van der Waals surface area contributed by atoms with Crippen LogP contribution < -0.4 is 10.2 Å². The van der Waals surface area contributed by atoms with Crippen molar-refractivity contribution in [2.75, 3.05) is 36.5 Å². The third-order valence-corrected chi connectivity index (χ3v) is 4.34. The standard InChI is InChI=1S/C17H16BrFN2O2/c18-14-11-12(19)5-6-13(14)17(22)20-15-3-1-2-4-16(15)21-7-9-23-10-8-21/h1-6,11H,7-10H2,(H,20,22). The Morgan fingerprint density at radius 2 is 1.91 bits per heavy atom. The van der Waals surface area contributed by atoms with Crippen LogP contribution in [0.3, 0.4) is 0 Å². The largest absolute Gasteiger partial charge is 0.378 e. The number of rotatable bonds is 3. The summed E-state index contributed by atoms with van der Waals surface area (Å²) in [7, 11) is 0. The van der Waals surface area contributed by atoms with Crippen LogP contribution in [0.25, 0.3) is 0 Å². The van der Waals surface area contributed by atoms with E-state index in [2.05, 4.69) is 26.1 Å². The summed E-state index contributed by atoms with van der Waals surface area (Å²) in [5.41, 5.74) is 2.08. The van der Waals surface area contributed by atoms with Crippen molar-refractivity contribution >= 4 is 33.2 Å². The predicted molar refractivity (Wildman–Crippen MR) is 91.5 cm³/mol. The molecule has 0 aromatic heterocycles. The second-order valence-corrected chi connectivity index (χ2v) is 6.05. The molecular formula is C17H16BrFN2O2. The smallest absolute Gasteiger partial charge is 0.256 e. The van der Waals surface area contributed by atoms with Gasteiger partial charge < -0.3 is 15.0 Å². The third kappa shape index (κ3) is 3.71. The fourth-order valence-electron chi connectivity index (χ4n) is 2.52. The van der Waals surface area contributed by atoms with Gasteiger partial charge in [0.05, 0.1) is 30.2 Å². The molecule has 3 rings (SSSR count). The minimum absolute atomic E-state index is 0.280. The Hall–Kier alpha value is -1.92. The van der Waals surface area contributed by atoms with Crippen LogP contribution in [-0.2, 0) is 4.74 Å². The fourth-order valence-corrected chi connectivity index (χ4v) is 3.05. The van der Waals surface area contributed by atoms with Crippen molar-refractivity contribution < 1.29 is 13.9 Å². The van der Waals surface area contributed by atoms with Crippen molar-refractivity contribution in [2.45, 2.75) is 0 Å². The molecule has 23 heavy (non-hydrogen) atoms. The molecule has 0 bridgehead atoms. The lowest BCUT2D eigenvalue weighted by atomic mass is 10.2. The van der Waals surface area contributed by atoms with E-state index in [9.17, 15) is 9.18 Å². The van der Waals surface area contributed by atoms with Crippen molar-refractivity contribution in [1.29, 1.82) is 0 Å². The highest BCUT2D eigenvalue weighted by Crippen LogP contribution is 2.27. The lowest BCUT2D eigenvalue weighted by Gasteiger charge is -2.30. The molecule has 1 saturated heterocycles. The van der Waals surface area contributed by atoms with Gasteiger partial charge in [-0.1, -0.05) is 12.1 Å². The molecule has 4 nitrogen and oxygen atoms in total. The normalized spacial score (nSPS) is 14.6. The van der Waals surface area contributed by atoms with Gasteiger partial charge in [-0.2, -0.15) is 0 Å². The van der Waals surface area contributed by atoms with E-state index in [4.69, 9.17) is 4.74 Å². The Labute approximate surface area is 142 Å². The maximum atomic E-state index is 13.2. The van der Waals surface area contributed by atoms with E-state index in [1.807, 2.05) is 24.3 Å². The number of halogens is 2. The van der Waals surface area contributed by atoms with Crippen LogP contribution in [0, 0.1) is 5.82 Å². The Morgan fingerprint density at radius 3 is 2.65 bits per heavy atom. The van der Waals surface area contributed by atoms with Crippen LogP contribution in [0.4, 0.5) is 15.8 Å². The average Bonchev–Trinajstić information content (AvgIpc) is 2.56. The Kier molecular flexibility index (Phi) is 4.93. The number of anilines is 2. The predicted octanol–water partition coefficient (Wildman–Crippen LogP) is 3.68. The number of benzene rings is 2. The molecule has 0 unspecified atom stereocenters. The summed E-state index contributed by atoms with van der Waals surface area (Å²) >= 11 is 3.23. The summed E-state index contributed by atoms with van der Waals surface area (Å²) in [4.78, 5) is 14.7. The summed E-state index contributed by atoms with van der Waals surface area (Å²) in [6.07, 6.45) is 0. The molecule has 1 amide bonds. The first kappa shape index (κ1) is 16.0. The number of carbonyl (C=O) groups is 1. The van der Waals surface area contributed by atoms with Crippen LogP contribution in [0.2, 0.25) is 0 Å². The monoisotopic (exact) mass is 378 g/mol. The molecule has 2 aromatic carbocycles. The van der Waals surface area contributed by atoms with Gasteiger partial charge in [-0.15, -0.1) is 0 Å². The van der Waals surface area contributed by atoms with Crippen LogP contribution >= 0.6 is 15.9 Å². The van der Waals surface area contributed by atoms with E-state index in [0.717, 1.165) is 24.5 Å². The molecule has 6 heteroatoms. The third-order valence-electron chi connectivity index (χ3n) is 3.68. The van der Waals surface area contributed by atoms with E-state index in [-0.39, 0.29) is 11.7 Å². The molecule has 0 atom stereocenters. The van der Waals surface area contributed by atoms with Gasteiger partial charge in [0, 0.05) is 17.6 Å². The Morgan fingerprint density at radius 1 is 1.17 bits per heavy atom. The number of morpholine rings is 1. The molecule has 0 saturated carbocycles. The molecule has 2 aromatic rings. The summed E-state index contributed by atoms with van der Waals surface area (Å²) in [6.45, 7) is 2.91. The molecule has 0 radical (unpaired) electrons. The van der Waals surface area contributed by atoms with Crippen LogP contribution in [0.1, 0.15) is 10.4 Å². The molecular weight excluding hydrogens is 363 g/mol. The van der Waals surface area contributed by atoms with Crippen LogP contribution in [0.15, 0.2) is 46.9 Å². The Bertz CT molecular complexity index is 717. The first-order valence-corrected chi connectivity index (χ1v) is 8.12. The number of ether oxygens (including phenoxy) is 1. The first-order chi connectivity index (χ1) is 11.1. The average molecular weight is 379 g/mol. The number of hydrogen-bond acceptors (Lipinski definition) is 3. The number of nitrogens with zero attached hydrogens (tertiary/aromatic N) is 1. The maximum Gasteiger partial charge on any atom is 0.256 e. The van der Waals surface area contributed by atoms with Crippen LogP contribution in [-0.4, -0.2) is 32.2 Å². The van der Waals surface area contributed by atoms with Crippen molar-refractivity contribution in [2.24, 2.45) is 0 Å². The molecule has 1 heterocycles. The molecule has 1 aliphatic rings. The molecule has 0 aliphatic carbocycles. The van der Waals surface area contributed by atoms with Crippen LogP contribution in [0.5, 0.6) is 0 Å². The zero-order valence-corrected chi connectivity index (χ0v) is 14.0. The van der Waals surface area contributed by atoms with Gasteiger partial charge in [-0.3, -0.25) is 4.79 Å². The van der Waals surface area contributed by atoms with Gasteiger partial charge >= 0.3 is 0 Å². The van der Waals surface area contributed by atoms with Gasteiger partial charge in [-0.25, -0.2) is 4.39 Å². The second-order valence-electron chi connectivity index (χ2n) is 5.19. The molecule has 1 N–H and O–H groups in total. The quantitative estimate of drug-likeness (QED) is 0.885. The zero-order valence-electron chi connectivity index (χ0n) is 12.4. The SMILES string of the molecule is O=C(Nc1ccccc1N1CCOCC1)c1ccc(F)cc1Br. The summed E-state index contributed by atoms with van der Waals surface area (Å²) in [5.74, 6) is -0.667. The van der Waals surface area contributed by atoms with Crippen molar-refractivity contribution in [3.05, 3.63) is 58.3 Å². The van der Waals surface area contributed by atoms with Crippen molar-refractivity contribution in [3.63, 3.8) is 0 Å². The molecule has 1 aliphatic heterocycles. The van der Waals surface area contributed by atoms with Gasteiger partial charge in [0.2, 0.25) is 0 Å².